The van der Waals surface area contributed by atoms with Crippen molar-refractivity contribution < 1.29 is 18.0 Å². The second-order valence-corrected chi connectivity index (χ2v) is 6.35. The lowest BCUT2D eigenvalue weighted by Crippen LogP contribution is -2.40. The van der Waals surface area contributed by atoms with E-state index in [1.807, 2.05) is 36.5 Å². The first-order valence-electron chi connectivity index (χ1n) is 8.32. The molecule has 0 atom stereocenters. The van der Waals surface area contributed by atoms with Crippen molar-refractivity contribution in [2.24, 2.45) is 0 Å². The number of carbonyl (C=O) groups is 1. The molecule has 1 aromatic heterocycles. The summed E-state index contributed by atoms with van der Waals surface area (Å²) in [5, 5.41) is 0. The van der Waals surface area contributed by atoms with Crippen LogP contribution in [0.2, 0.25) is 0 Å². The van der Waals surface area contributed by atoms with Crippen LogP contribution in [0, 0.1) is 0 Å². The molecular weight excluding hydrogens is 331 g/mol. The van der Waals surface area contributed by atoms with Gasteiger partial charge in [-0.2, -0.15) is 13.2 Å². The van der Waals surface area contributed by atoms with Crippen LogP contribution in [0.25, 0.3) is 0 Å². The highest BCUT2D eigenvalue weighted by Gasteiger charge is 2.35. The number of imidazole rings is 1. The Morgan fingerprint density at radius 3 is 2.48 bits per heavy atom. The molecule has 1 saturated heterocycles. The number of hydrogen-bond acceptors (Lipinski definition) is 2. The largest absolute Gasteiger partial charge is 0.397 e. The third-order valence-electron chi connectivity index (χ3n) is 4.51. The van der Waals surface area contributed by atoms with Gasteiger partial charge in [0.2, 0.25) is 5.91 Å². The lowest BCUT2D eigenvalue weighted by atomic mass is 9.95. The molecule has 4 nitrogen and oxygen atoms in total. The van der Waals surface area contributed by atoms with Crippen LogP contribution in [0.5, 0.6) is 0 Å². The number of aromatic nitrogens is 2. The van der Waals surface area contributed by atoms with E-state index in [9.17, 15) is 18.0 Å². The van der Waals surface area contributed by atoms with Gasteiger partial charge >= 0.3 is 6.18 Å². The number of alkyl halides is 3. The number of nitrogens with zero attached hydrogens (tertiary/aromatic N) is 3. The topological polar surface area (TPSA) is 38.1 Å². The van der Waals surface area contributed by atoms with E-state index in [0.717, 1.165) is 5.82 Å². The Labute approximate surface area is 144 Å². The van der Waals surface area contributed by atoms with Crippen molar-refractivity contribution in [1.29, 1.82) is 0 Å². The summed E-state index contributed by atoms with van der Waals surface area (Å²) in [6, 6.07) is 10.0. The summed E-state index contributed by atoms with van der Waals surface area (Å²) >= 11 is 0. The van der Waals surface area contributed by atoms with Crippen LogP contribution in [-0.2, 0) is 11.3 Å². The molecule has 1 amide bonds. The van der Waals surface area contributed by atoms with Gasteiger partial charge in [-0.05, 0) is 18.4 Å². The van der Waals surface area contributed by atoms with Crippen LogP contribution in [0.1, 0.15) is 36.6 Å². The molecule has 0 aliphatic carbocycles. The SMILES string of the molecule is O=C(CC(F)(F)F)N1CCC(c2nccn2Cc2ccccc2)CC1. The van der Waals surface area contributed by atoms with Crippen LogP contribution in [0.15, 0.2) is 42.7 Å². The zero-order valence-corrected chi connectivity index (χ0v) is 13.7. The molecule has 2 aromatic rings. The van der Waals surface area contributed by atoms with Crippen molar-refractivity contribution in [1.82, 2.24) is 14.5 Å². The summed E-state index contributed by atoms with van der Waals surface area (Å²) in [7, 11) is 0. The Bertz CT molecular complexity index is 704. The molecule has 0 radical (unpaired) electrons. The van der Waals surface area contributed by atoms with Crippen molar-refractivity contribution in [2.75, 3.05) is 13.1 Å². The summed E-state index contributed by atoms with van der Waals surface area (Å²) in [4.78, 5) is 17.5. The molecular formula is C18H20F3N3O. The number of benzene rings is 1. The lowest BCUT2D eigenvalue weighted by molar-refractivity contribution is -0.162. The monoisotopic (exact) mass is 351 g/mol. The third kappa shape index (κ3) is 4.61. The van der Waals surface area contributed by atoms with Crippen LogP contribution in [0.3, 0.4) is 0 Å². The Hall–Kier alpha value is -2.31. The van der Waals surface area contributed by atoms with Gasteiger partial charge in [-0.15, -0.1) is 0 Å². The molecule has 134 valence electrons. The minimum atomic E-state index is -4.44. The molecule has 7 heteroatoms. The molecule has 0 unspecified atom stereocenters. The van der Waals surface area contributed by atoms with Gasteiger partial charge in [0.1, 0.15) is 12.2 Å². The number of rotatable bonds is 4. The fourth-order valence-corrected chi connectivity index (χ4v) is 3.26. The van der Waals surface area contributed by atoms with Gasteiger partial charge in [0.15, 0.2) is 0 Å². The predicted molar refractivity (Wildman–Crippen MR) is 87.0 cm³/mol. The summed E-state index contributed by atoms with van der Waals surface area (Å²) in [5.74, 6) is 0.263. The van der Waals surface area contributed by atoms with E-state index in [2.05, 4.69) is 9.55 Å². The fraction of sp³-hybridized carbons (Fsp3) is 0.444. The van der Waals surface area contributed by atoms with Gasteiger partial charge in [-0.1, -0.05) is 30.3 Å². The fourth-order valence-electron chi connectivity index (χ4n) is 3.26. The van der Waals surface area contributed by atoms with E-state index in [1.165, 1.54) is 10.5 Å². The van der Waals surface area contributed by atoms with Crippen molar-refractivity contribution >= 4 is 5.91 Å². The molecule has 0 bridgehead atoms. The Balaban J connectivity index is 1.60. The van der Waals surface area contributed by atoms with Crippen LogP contribution >= 0.6 is 0 Å². The summed E-state index contributed by atoms with van der Waals surface area (Å²) < 4.78 is 39.2. The molecule has 25 heavy (non-hydrogen) atoms. The van der Waals surface area contributed by atoms with Gasteiger partial charge in [0, 0.05) is 37.9 Å². The maximum Gasteiger partial charge on any atom is 0.397 e. The highest BCUT2D eigenvalue weighted by molar-refractivity contribution is 5.76. The summed E-state index contributed by atoms with van der Waals surface area (Å²) in [5.41, 5.74) is 1.17. The number of hydrogen-bond donors (Lipinski definition) is 0. The van der Waals surface area contributed by atoms with E-state index in [-0.39, 0.29) is 5.92 Å². The average Bonchev–Trinajstić information content (AvgIpc) is 3.02. The molecule has 0 spiro atoms. The van der Waals surface area contributed by atoms with Gasteiger partial charge in [-0.3, -0.25) is 4.79 Å². The number of carbonyl (C=O) groups excluding carboxylic acids is 1. The van der Waals surface area contributed by atoms with Gasteiger partial charge in [0.25, 0.3) is 0 Å². The zero-order valence-electron chi connectivity index (χ0n) is 13.7. The van der Waals surface area contributed by atoms with Gasteiger partial charge < -0.3 is 9.47 Å². The van der Waals surface area contributed by atoms with E-state index in [0.29, 0.717) is 32.5 Å². The molecule has 1 aliphatic rings. The first-order chi connectivity index (χ1) is 11.9. The number of likely N-dealkylation sites (tertiary alicyclic amines) is 1. The first-order valence-corrected chi connectivity index (χ1v) is 8.32. The minimum Gasteiger partial charge on any atom is -0.342 e. The van der Waals surface area contributed by atoms with Crippen molar-refractivity contribution in [3.8, 4) is 0 Å². The molecule has 0 saturated carbocycles. The number of amides is 1. The normalized spacial score (nSPS) is 16.2. The second kappa shape index (κ2) is 7.29. The average molecular weight is 351 g/mol. The molecule has 1 fully saturated rings. The highest BCUT2D eigenvalue weighted by Crippen LogP contribution is 2.29. The first kappa shape index (κ1) is 17.5. The van der Waals surface area contributed by atoms with Crippen molar-refractivity contribution in [3.05, 3.63) is 54.1 Å². The van der Waals surface area contributed by atoms with Gasteiger partial charge in [-0.25, -0.2) is 4.98 Å². The molecule has 1 aliphatic heterocycles. The predicted octanol–water partition coefficient (Wildman–Crippen LogP) is 3.59. The molecule has 0 N–H and O–H groups in total. The maximum atomic E-state index is 12.4. The second-order valence-electron chi connectivity index (χ2n) is 6.35. The van der Waals surface area contributed by atoms with E-state index < -0.39 is 18.5 Å². The molecule has 2 heterocycles. The van der Waals surface area contributed by atoms with Crippen LogP contribution in [-0.4, -0.2) is 39.6 Å². The number of halogens is 3. The lowest BCUT2D eigenvalue weighted by Gasteiger charge is -2.32. The minimum absolute atomic E-state index is 0.161. The van der Waals surface area contributed by atoms with Crippen molar-refractivity contribution in [3.63, 3.8) is 0 Å². The standard InChI is InChI=1S/C18H20F3N3O/c19-18(20,21)12-16(25)23-9-6-15(7-10-23)17-22-8-11-24(17)13-14-4-2-1-3-5-14/h1-5,8,11,15H,6-7,9-10,12-13H2. The Morgan fingerprint density at radius 2 is 1.84 bits per heavy atom. The van der Waals surface area contributed by atoms with E-state index >= 15 is 0 Å². The molecule has 3 rings (SSSR count). The summed E-state index contributed by atoms with van der Waals surface area (Å²) in [6.45, 7) is 1.40. The number of piperidine rings is 1. The van der Waals surface area contributed by atoms with E-state index in [4.69, 9.17) is 0 Å². The highest BCUT2D eigenvalue weighted by atomic mass is 19.4. The van der Waals surface area contributed by atoms with Crippen molar-refractivity contribution in [2.45, 2.75) is 37.9 Å². The maximum absolute atomic E-state index is 12.4. The van der Waals surface area contributed by atoms with Gasteiger partial charge in [0.05, 0.1) is 0 Å². The van der Waals surface area contributed by atoms with Crippen LogP contribution < -0.4 is 0 Å². The quantitative estimate of drug-likeness (QED) is 0.844. The van der Waals surface area contributed by atoms with E-state index in [1.54, 1.807) is 6.20 Å². The molecule has 1 aromatic carbocycles. The Morgan fingerprint density at radius 1 is 1.16 bits per heavy atom. The smallest absolute Gasteiger partial charge is 0.342 e. The third-order valence-corrected chi connectivity index (χ3v) is 4.51. The van der Waals surface area contributed by atoms with Crippen LogP contribution in [0.4, 0.5) is 13.2 Å². The Kier molecular flexibility index (Phi) is 5.11. The summed E-state index contributed by atoms with van der Waals surface area (Å²) in [6.07, 6.45) is -0.881. The zero-order chi connectivity index (χ0) is 17.9.